The number of hydrogen-bond acceptors (Lipinski definition) is 5. The molecule has 1 amide bonds. The van der Waals surface area contributed by atoms with Gasteiger partial charge in [0.1, 0.15) is 5.25 Å². The second-order valence-corrected chi connectivity index (χ2v) is 7.78. The first-order valence-corrected chi connectivity index (χ1v) is 10.2. The van der Waals surface area contributed by atoms with Crippen LogP contribution in [-0.2, 0) is 17.4 Å². The van der Waals surface area contributed by atoms with E-state index in [-0.39, 0.29) is 5.69 Å². The molecule has 0 spiro atoms. The van der Waals surface area contributed by atoms with Crippen LogP contribution in [0.1, 0.15) is 29.9 Å². The van der Waals surface area contributed by atoms with Crippen molar-refractivity contribution in [2.45, 2.75) is 36.0 Å². The molecule has 0 saturated carbocycles. The Morgan fingerprint density at radius 2 is 1.83 bits per heavy atom. The summed E-state index contributed by atoms with van der Waals surface area (Å²) in [5, 5.41) is 10.4. The Kier molecular flexibility index (Phi) is 5.42. The summed E-state index contributed by atoms with van der Waals surface area (Å²) in [4.78, 5) is 13.1. The molecule has 2 heterocycles. The summed E-state index contributed by atoms with van der Waals surface area (Å²) in [7, 11) is 0. The summed E-state index contributed by atoms with van der Waals surface area (Å²) >= 11 is 1.17. The number of nitrogens with zero attached hydrogens (tertiary/aromatic N) is 3. The summed E-state index contributed by atoms with van der Waals surface area (Å²) < 4.78 is 41.7. The van der Waals surface area contributed by atoms with Crippen molar-refractivity contribution < 1.29 is 18.0 Å². The van der Waals surface area contributed by atoms with E-state index in [0.29, 0.717) is 17.4 Å². The highest BCUT2D eigenvalue weighted by Gasteiger charge is 2.39. The molecule has 30 heavy (non-hydrogen) atoms. The highest BCUT2D eigenvalue weighted by atomic mass is 32.2. The molecule has 2 atom stereocenters. The van der Waals surface area contributed by atoms with Crippen molar-refractivity contribution in [2.24, 2.45) is 0 Å². The lowest BCUT2D eigenvalue weighted by molar-refractivity contribution is -0.137. The molecule has 1 aliphatic rings. The largest absolute Gasteiger partial charge is 0.418 e. The number of carbonyl (C=O) groups is 1. The maximum atomic E-state index is 13.3. The maximum Gasteiger partial charge on any atom is 0.418 e. The van der Waals surface area contributed by atoms with E-state index in [0.717, 1.165) is 11.6 Å². The van der Waals surface area contributed by atoms with E-state index < -0.39 is 28.9 Å². The fraction of sp³-hybridized carbons (Fsp3) is 0.250. The Morgan fingerprint density at radius 3 is 2.53 bits per heavy atom. The van der Waals surface area contributed by atoms with Crippen LogP contribution < -0.4 is 10.7 Å². The number of anilines is 1. The van der Waals surface area contributed by atoms with E-state index in [1.807, 2.05) is 37.3 Å². The summed E-state index contributed by atoms with van der Waals surface area (Å²) in [6.07, 6.45) is -3.94. The smallest absolute Gasteiger partial charge is 0.324 e. The summed E-state index contributed by atoms with van der Waals surface area (Å²) in [5.41, 5.74) is 2.93. The zero-order valence-corrected chi connectivity index (χ0v) is 16.7. The molecular formula is C20H18F3N5OS. The quantitative estimate of drug-likeness (QED) is 0.644. The van der Waals surface area contributed by atoms with E-state index in [2.05, 4.69) is 20.9 Å². The molecule has 0 aliphatic carbocycles. The van der Waals surface area contributed by atoms with Crippen LogP contribution >= 0.6 is 11.8 Å². The van der Waals surface area contributed by atoms with Gasteiger partial charge in [0.25, 0.3) is 0 Å². The Hall–Kier alpha value is -3.01. The van der Waals surface area contributed by atoms with E-state index >= 15 is 0 Å². The molecule has 3 aromatic rings. The standard InChI is InChI=1S/C20H18F3N5OS/c1-2-15-25-26-19-28(15)27-16(12-8-4-3-5-9-12)17(30-19)18(29)24-14-11-7-6-10-13(14)20(21,22)23/h3-11,16-17,27H,2H2,1H3,(H,24,29). The third kappa shape index (κ3) is 3.87. The lowest BCUT2D eigenvalue weighted by Gasteiger charge is -2.33. The first-order chi connectivity index (χ1) is 14.4. The SMILES string of the molecule is CCc1nnc2n1NC(c1ccccc1)C(C(=O)Nc1ccccc1C(F)(F)F)S2. The molecule has 2 N–H and O–H groups in total. The molecule has 2 aromatic carbocycles. The van der Waals surface area contributed by atoms with Crippen molar-refractivity contribution in [3.63, 3.8) is 0 Å². The molecule has 156 valence electrons. The number of aryl methyl sites for hydroxylation is 1. The third-order valence-electron chi connectivity index (χ3n) is 4.73. The Labute approximate surface area is 174 Å². The minimum absolute atomic E-state index is 0.274. The zero-order chi connectivity index (χ0) is 21.3. The number of benzene rings is 2. The molecule has 1 aliphatic heterocycles. The third-order valence-corrected chi connectivity index (χ3v) is 5.94. The molecule has 6 nitrogen and oxygen atoms in total. The first kappa shape index (κ1) is 20.3. The van der Waals surface area contributed by atoms with Gasteiger partial charge in [0, 0.05) is 6.42 Å². The number of aromatic nitrogens is 3. The van der Waals surface area contributed by atoms with E-state index in [1.54, 1.807) is 4.68 Å². The van der Waals surface area contributed by atoms with Gasteiger partial charge in [-0.05, 0) is 17.7 Å². The van der Waals surface area contributed by atoms with Gasteiger partial charge in [-0.15, -0.1) is 10.2 Å². The second kappa shape index (κ2) is 8.02. The summed E-state index contributed by atoms with van der Waals surface area (Å²) in [6, 6.07) is 13.7. The van der Waals surface area contributed by atoms with Gasteiger partial charge in [0.2, 0.25) is 11.1 Å². The highest BCUT2D eigenvalue weighted by Crippen LogP contribution is 2.39. The number of hydrogen-bond donors (Lipinski definition) is 2. The van der Waals surface area contributed by atoms with Gasteiger partial charge in [-0.2, -0.15) is 13.2 Å². The van der Waals surface area contributed by atoms with E-state index in [4.69, 9.17) is 0 Å². The van der Waals surface area contributed by atoms with Crippen LogP contribution in [0.5, 0.6) is 0 Å². The summed E-state index contributed by atoms with van der Waals surface area (Å²) in [5.74, 6) is 0.157. The molecule has 4 rings (SSSR count). The van der Waals surface area contributed by atoms with Crippen molar-refractivity contribution in [1.29, 1.82) is 0 Å². The molecular weight excluding hydrogens is 415 g/mol. The van der Waals surface area contributed by atoms with Crippen molar-refractivity contribution in [2.75, 3.05) is 10.7 Å². The maximum absolute atomic E-state index is 13.3. The van der Waals surface area contributed by atoms with Crippen LogP contribution in [0, 0.1) is 0 Å². The topological polar surface area (TPSA) is 71.8 Å². The zero-order valence-electron chi connectivity index (χ0n) is 15.8. The van der Waals surface area contributed by atoms with Gasteiger partial charge in [-0.3, -0.25) is 4.79 Å². The Morgan fingerprint density at radius 1 is 1.13 bits per heavy atom. The number of nitrogens with one attached hydrogen (secondary N) is 2. The predicted molar refractivity (Wildman–Crippen MR) is 108 cm³/mol. The molecule has 0 bridgehead atoms. The average molecular weight is 433 g/mol. The van der Waals surface area contributed by atoms with Crippen molar-refractivity contribution in [3.8, 4) is 0 Å². The van der Waals surface area contributed by atoms with Crippen LogP contribution in [0.2, 0.25) is 0 Å². The number of rotatable bonds is 4. The van der Waals surface area contributed by atoms with Crippen LogP contribution in [0.3, 0.4) is 0 Å². The first-order valence-electron chi connectivity index (χ1n) is 9.28. The van der Waals surface area contributed by atoms with Gasteiger partial charge in [0.15, 0.2) is 5.82 Å². The number of amides is 1. The van der Waals surface area contributed by atoms with Crippen LogP contribution in [0.4, 0.5) is 18.9 Å². The minimum atomic E-state index is -4.57. The number of para-hydroxylation sites is 1. The fourth-order valence-corrected chi connectivity index (χ4v) is 4.38. The molecule has 0 fully saturated rings. The predicted octanol–water partition coefficient (Wildman–Crippen LogP) is 4.26. The average Bonchev–Trinajstić information content (AvgIpc) is 3.15. The number of carbonyl (C=O) groups excluding carboxylic acids is 1. The number of thioether (sulfide) groups is 1. The molecule has 2 unspecified atom stereocenters. The molecule has 1 aromatic heterocycles. The highest BCUT2D eigenvalue weighted by molar-refractivity contribution is 8.00. The van der Waals surface area contributed by atoms with Crippen molar-refractivity contribution >= 4 is 23.4 Å². The van der Waals surface area contributed by atoms with Crippen LogP contribution in [0.25, 0.3) is 0 Å². The van der Waals surface area contributed by atoms with Crippen LogP contribution in [-0.4, -0.2) is 26.0 Å². The van der Waals surface area contributed by atoms with Crippen LogP contribution in [0.15, 0.2) is 59.8 Å². The van der Waals surface area contributed by atoms with Gasteiger partial charge in [0.05, 0.1) is 17.3 Å². The lowest BCUT2D eigenvalue weighted by Crippen LogP contribution is -2.41. The monoisotopic (exact) mass is 433 g/mol. The number of halogens is 3. The normalized spacial score (nSPS) is 18.4. The van der Waals surface area contributed by atoms with Gasteiger partial charge >= 0.3 is 6.18 Å². The van der Waals surface area contributed by atoms with E-state index in [9.17, 15) is 18.0 Å². The Bertz CT molecular complexity index is 1050. The molecule has 0 saturated heterocycles. The van der Waals surface area contributed by atoms with Crippen molar-refractivity contribution in [3.05, 3.63) is 71.5 Å². The second-order valence-electron chi connectivity index (χ2n) is 6.68. The van der Waals surface area contributed by atoms with E-state index in [1.165, 1.54) is 30.0 Å². The van der Waals surface area contributed by atoms with Crippen molar-refractivity contribution in [1.82, 2.24) is 14.9 Å². The number of alkyl halides is 3. The Balaban J connectivity index is 1.68. The molecule has 0 radical (unpaired) electrons. The summed E-state index contributed by atoms with van der Waals surface area (Å²) in [6.45, 7) is 1.94. The van der Waals surface area contributed by atoms with Gasteiger partial charge < -0.3 is 10.7 Å². The van der Waals surface area contributed by atoms with Gasteiger partial charge in [-0.25, -0.2) is 4.68 Å². The molecule has 10 heteroatoms. The fourth-order valence-electron chi connectivity index (χ4n) is 3.28. The minimum Gasteiger partial charge on any atom is -0.324 e. The van der Waals surface area contributed by atoms with Gasteiger partial charge in [-0.1, -0.05) is 61.2 Å². The number of fused-ring (bicyclic) bond motifs is 1. The lowest BCUT2D eigenvalue weighted by atomic mass is 10.0.